The molecule has 0 aromatic heterocycles. The van der Waals surface area contributed by atoms with E-state index in [-0.39, 0.29) is 24.2 Å². The number of nitrogens with one attached hydrogen (secondary N) is 1. The summed E-state index contributed by atoms with van der Waals surface area (Å²) in [4.78, 5) is 26.8. The third kappa shape index (κ3) is 3.58. The summed E-state index contributed by atoms with van der Waals surface area (Å²) in [5.74, 6) is -0.409. The highest BCUT2D eigenvalue weighted by molar-refractivity contribution is 6.04. The zero-order valence-electron chi connectivity index (χ0n) is 15.2. The van der Waals surface area contributed by atoms with Crippen molar-refractivity contribution in [2.45, 2.75) is 34.1 Å². The van der Waals surface area contributed by atoms with Crippen molar-refractivity contribution >= 4 is 23.2 Å². The van der Waals surface area contributed by atoms with Crippen molar-refractivity contribution in [3.8, 4) is 0 Å². The van der Waals surface area contributed by atoms with E-state index in [0.29, 0.717) is 6.54 Å². The van der Waals surface area contributed by atoms with Gasteiger partial charge in [-0.15, -0.1) is 0 Å². The quantitative estimate of drug-likeness (QED) is 0.924. The monoisotopic (exact) mass is 336 g/mol. The van der Waals surface area contributed by atoms with E-state index < -0.39 is 0 Å². The predicted octanol–water partition coefficient (Wildman–Crippen LogP) is 3.91. The minimum absolute atomic E-state index is 0.00859. The highest BCUT2D eigenvalue weighted by Gasteiger charge is 2.35. The lowest BCUT2D eigenvalue weighted by Crippen LogP contribution is -2.28. The number of nitrogens with zero attached hydrogens (tertiary/aromatic N) is 1. The van der Waals surface area contributed by atoms with Gasteiger partial charge in [0.15, 0.2) is 0 Å². The van der Waals surface area contributed by atoms with Crippen molar-refractivity contribution in [3.05, 3.63) is 58.7 Å². The van der Waals surface area contributed by atoms with Gasteiger partial charge in [0.2, 0.25) is 11.8 Å². The first-order valence-electron chi connectivity index (χ1n) is 8.61. The van der Waals surface area contributed by atoms with Gasteiger partial charge in [0.25, 0.3) is 0 Å². The summed E-state index contributed by atoms with van der Waals surface area (Å²) in [6, 6.07) is 11.9. The van der Waals surface area contributed by atoms with E-state index in [1.165, 1.54) is 0 Å². The smallest absolute Gasteiger partial charge is 0.229 e. The van der Waals surface area contributed by atoms with Crippen LogP contribution in [0.1, 0.15) is 28.7 Å². The van der Waals surface area contributed by atoms with E-state index in [9.17, 15) is 9.59 Å². The Hall–Kier alpha value is -2.62. The zero-order chi connectivity index (χ0) is 18.1. The van der Waals surface area contributed by atoms with Crippen LogP contribution in [-0.4, -0.2) is 18.4 Å². The van der Waals surface area contributed by atoms with Gasteiger partial charge in [-0.3, -0.25) is 9.59 Å². The van der Waals surface area contributed by atoms with Gasteiger partial charge in [-0.05, 0) is 68.1 Å². The van der Waals surface area contributed by atoms with Crippen LogP contribution < -0.4 is 10.2 Å². The molecule has 2 amide bonds. The fourth-order valence-electron chi connectivity index (χ4n) is 3.44. The Morgan fingerprint density at radius 3 is 2.44 bits per heavy atom. The number of benzene rings is 2. The molecule has 0 spiro atoms. The van der Waals surface area contributed by atoms with Crippen LogP contribution >= 0.6 is 0 Å². The summed E-state index contributed by atoms with van der Waals surface area (Å²) >= 11 is 0. The van der Waals surface area contributed by atoms with E-state index in [1.807, 2.05) is 58.0 Å². The second-order valence-electron chi connectivity index (χ2n) is 6.99. The Kier molecular flexibility index (Phi) is 4.62. The molecule has 2 aromatic rings. The number of aryl methyl sites for hydroxylation is 3. The number of rotatable bonds is 3. The van der Waals surface area contributed by atoms with E-state index >= 15 is 0 Å². The van der Waals surface area contributed by atoms with Crippen LogP contribution in [0.25, 0.3) is 0 Å². The number of hydrogen-bond acceptors (Lipinski definition) is 2. The van der Waals surface area contributed by atoms with Gasteiger partial charge in [-0.2, -0.15) is 0 Å². The molecule has 0 bridgehead atoms. The fraction of sp³-hybridized carbons (Fsp3) is 0.333. The molecule has 0 saturated carbocycles. The first kappa shape index (κ1) is 17.2. The fourth-order valence-corrected chi connectivity index (χ4v) is 3.44. The Labute approximate surface area is 148 Å². The molecule has 0 aliphatic carbocycles. The Morgan fingerprint density at radius 1 is 1.08 bits per heavy atom. The average Bonchev–Trinajstić information content (AvgIpc) is 2.91. The van der Waals surface area contributed by atoms with Crippen LogP contribution in [0, 0.1) is 33.6 Å². The number of hydrogen-bond donors (Lipinski definition) is 1. The lowest BCUT2D eigenvalue weighted by molar-refractivity contribution is -0.122. The maximum Gasteiger partial charge on any atom is 0.229 e. The minimum atomic E-state index is -0.326. The second kappa shape index (κ2) is 6.71. The molecule has 4 heteroatoms. The van der Waals surface area contributed by atoms with Gasteiger partial charge < -0.3 is 10.2 Å². The van der Waals surface area contributed by atoms with Gasteiger partial charge in [-0.1, -0.05) is 18.2 Å². The van der Waals surface area contributed by atoms with Crippen molar-refractivity contribution in [2.75, 3.05) is 16.8 Å². The number of anilines is 2. The molecule has 0 radical (unpaired) electrons. The van der Waals surface area contributed by atoms with Crippen molar-refractivity contribution in [2.24, 2.45) is 5.92 Å². The molecular formula is C21H24N2O2. The van der Waals surface area contributed by atoms with Crippen molar-refractivity contribution in [1.29, 1.82) is 0 Å². The number of carbonyl (C=O) groups is 2. The topological polar surface area (TPSA) is 49.4 Å². The number of carbonyl (C=O) groups excluding carboxylic acids is 2. The van der Waals surface area contributed by atoms with Gasteiger partial charge in [0.1, 0.15) is 0 Å². The molecule has 130 valence electrons. The van der Waals surface area contributed by atoms with Crippen LogP contribution in [0.3, 0.4) is 0 Å². The van der Waals surface area contributed by atoms with E-state index in [0.717, 1.165) is 33.6 Å². The molecule has 0 unspecified atom stereocenters. The zero-order valence-corrected chi connectivity index (χ0v) is 15.2. The van der Waals surface area contributed by atoms with Crippen molar-refractivity contribution in [1.82, 2.24) is 0 Å². The summed E-state index contributed by atoms with van der Waals surface area (Å²) in [5.41, 5.74) is 6.15. The molecule has 1 heterocycles. The molecule has 1 saturated heterocycles. The van der Waals surface area contributed by atoms with Crippen LogP contribution in [-0.2, 0) is 9.59 Å². The molecule has 25 heavy (non-hydrogen) atoms. The van der Waals surface area contributed by atoms with E-state index in [2.05, 4.69) is 11.4 Å². The van der Waals surface area contributed by atoms with Crippen molar-refractivity contribution < 1.29 is 9.59 Å². The maximum absolute atomic E-state index is 12.6. The van der Waals surface area contributed by atoms with E-state index in [4.69, 9.17) is 0 Å². The summed E-state index contributed by atoms with van der Waals surface area (Å²) in [7, 11) is 0. The molecule has 1 aliphatic heterocycles. The second-order valence-corrected chi connectivity index (χ2v) is 6.99. The summed E-state index contributed by atoms with van der Waals surface area (Å²) in [6.07, 6.45) is 0.254. The molecule has 4 nitrogen and oxygen atoms in total. The Balaban J connectivity index is 1.75. The first-order valence-corrected chi connectivity index (χ1v) is 8.61. The molecule has 1 fully saturated rings. The van der Waals surface area contributed by atoms with Crippen LogP contribution in [0.15, 0.2) is 36.4 Å². The Morgan fingerprint density at radius 2 is 1.76 bits per heavy atom. The van der Waals surface area contributed by atoms with Gasteiger partial charge >= 0.3 is 0 Å². The lowest BCUT2D eigenvalue weighted by Gasteiger charge is -2.20. The molecule has 3 rings (SSSR count). The third-order valence-electron chi connectivity index (χ3n) is 4.85. The summed E-state index contributed by atoms with van der Waals surface area (Å²) in [6.45, 7) is 8.48. The Bertz CT molecular complexity index is 822. The standard InChI is InChI=1S/C21H24N2O2/c1-13-8-14(2)10-18(9-13)22-21(25)17-11-20(24)23(12-17)19-7-5-6-15(3)16(19)4/h5-10,17H,11-12H2,1-4H3,(H,22,25)/t17-/m1/s1. The molecule has 1 aliphatic rings. The lowest BCUT2D eigenvalue weighted by atomic mass is 10.1. The van der Waals surface area contributed by atoms with Gasteiger partial charge in [0.05, 0.1) is 5.92 Å². The summed E-state index contributed by atoms with van der Waals surface area (Å²) < 4.78 is 0. The van der Waals surface area contributed by atoms with Gasteiger partial charge in [0, 0.05) is 24.3 Å². The first-order chi connectivity index (χ1) is 11.8. The normalized spacial score (nSPS) is 17.0. The molecule has 1 atom stereocenters. The number of amides is 2. The van der Waals surface area contributed by atoms with Crippen molar-refractivity contribution in [3.63, 3.8) is 0 Å². The predicted molar refractivity (Wildman–Crippen MR) is 101 cm³/mol. The van der Waals surface area contributed by atoms with Crippen LogP contribution in [0.5, 0.6) is 0 Å². The minimum Gasteiger partial charge on any atom is -0.326 e. The highest BCUT2D eigenvalue weighted by atomic mass is 16.2. The molecule has 2 aromatic carbocycles. The SMILES string of the molecule is Cc1cc(C)cc(NC(=O)[C@@H]2CC(=O)N(c3cccc(C)c3C)C2)c1. The third-order valence-corrected chi connectivity index (χ3v) is 4.85. The van der Waals surface area contributed by atoms with Crippen LogP contribution in [0.2, 0.25) is 0 Å². The highest BCUT2D eigenvalue weighted by Crippen LogP contribution is 2.30. The summed E-state index contributed by atoms with van der Waals surface area (Å²) in [5, 5.41) is 2.97. The maximum atomic E-state index is 12.6. The van der Waals surface area contributed by atoms with Crippen LogP contribution in [0.4, 0.5) is 11.4 Å². The van der Waals surface area contributed by atoms with E-state index in [1.54, 1.807) is 4.90 Å². The molecular weight excluding hydrogens is 312 g/mol. The average molecular weight is 336 g/mol. The largest absolute Gasteiger partial charge is 0.326 e. The van der Waals surface area contributed by atoms with Gasteiger partial charge in [-0.25, -0.2) is 0 Å². The molecule has 1 N–H and O–H groups in total.